The smallest absolute Gasteiger partial charge is 0.130 e. The summed E-state index contributed by atoms with van der Waals surface area (Å²) in [6.45, 7) is 4.07. The first-order chi connectivity index (χ1) is 15.0. The van der Waals surface area contributed by atoms with E-state index in [0.29, 0.717) is 0 Å². The molecule has 1 N–H and O–H groups in total. The standard InChI is InChI=1S/C24H22N6S/c1-15(17-5-4-6-18(9-17)20-12-26-30(3)13-20)27-24-11-22(28-16(2)29-24)19-7-8-21-23(10-19)31-14-25-21/h4-15H,1-3H3,(H,27,28,29)/t15-/m1/s1. The highest BCUT2D eigenvalue weighted by molar-refractivity contribution is 7.16. The largest absolute Gasteiger partial charge is 0.363 e. The minimum Gasteiger partial charge on any atom is -0.363 e. The molecule has 0 bridgehead atoms. The summed E-state index contributed by atoms with van der Waals surface area (Å²) in [5.41, 5.74) is 8.30. The molecule has 0 fully saturated rings. The van der Waals surface area contributed by atoms with E-state index in [-0.39, 0.29) is 6.04 Å². The summed E-state index contributed by atoms with van der Waals surface area (Å²) >= 11 is 1.64. The van der Waals surface area contributed by atoms with Crippen molar-refractivity contribution in [2.75, 3.05) is 5.32 Å². The fourth-order valence-electron chi connectivity index (χ4n) is 3.67. The average molecular weight is 427 g/mol. The summed E-state index contributed by atoms with van der Waals surface area (Å²) in [5.74, 6) is 1.55. The third-order valence-corrected chi connectivity index (χ3v) is 6.05. The first-order valence-corrected chi connectivity index (χ1v) is 11.0. The molecule has 31 heavy (non-hydrogen) atoms. The second-order valence-corrected chi connectivity index (χ2v) is 8.50. The Labute approximate surface area is 184 Å². The molecule has 7 heteroatoms. The second kappa shape index (κ2) is 7.92. The maximum absolute atomic E-state index is 4.66. The minimum atomic E-state index is 0.0859. The van der Waals surface area contributed by atoms with E-state index in [1.165, 1.54) is 5.56 Å². The normalized spacial score (nSPS) is 12.2. The molecule has 0 unspecified atom stereocenters. The van der Waals surface area contributed by atoms with Crippen molar-refractivity contribution in [3.05, 3.63) is 77.8 Å². The van der Waals surface area contributed by atoms with Crippen LogP contribution in [0.3, 0.4) is 0 Å². The molecule has 5 rings (SSSR count). The van der Waals surface area contributed by atoms with Crippen molar-refractivity contribution in [1.82, 2.24) is 24.7 Å². The average Bonchev–Trinajstić information content (AvgIpc) is 3.41. The number of nitrogens with one attached hydrogen (secondary N) is 1. The summed E-state index contributed by atoms with van der Waals surface area (Å²) in [6.07, 6.45) is 3.91. The maximum atomic E-state index is 4.66. The molecule has 0 saturated carbocycles. The number of anilines is 1. The number of rotatable bonds is 5. The number of thiazole rings is 1. The summed E-state index contributed by atoms with van der Waals surface area (Å²) in [5, 5.41) is 7.82. The molecule has 3 heterocycles. The summed E-state index contributed by atoms with van der Waals surface area (Å²) in [4.78, 5) is 13.6. The Bertz CT molecular complexity index is 1370. The molecule has 1 atom stereocenters. The summed E-state index contributed by atoms with van der Waals surface area (Å²) < 4.78 is 2.97. The van der Waals surface area contributed by atoms with E-state index >= 15 is 0 Å². The van der Waals surface area contributed by atoms with E-state index in [1.807, 2.05) is 48.7 Å². The third kappa shape index (κ3) is 4.04. The lowest BCUT2D eigenvalue weighted by atomic mass is 10.0. The number of nitrogens with zero attached hydrogens (tertiary/aromatic N) is 5. The van der Waals surface area contributed by atoms with Gasteiger partial charge in [-0.05, 0) is 43.2 Å². The molecule has 6 nitrogen and oxygen atoms in total. The molecule has 0 aliphatic carbocycles. The molecule has 154 valence electrons. The van der Waals surface area contributed by atoms with Crippen molar-refractivity contribution >= 4 is 27.4 Å². The molecule has 0 spiro atoms. The van der Waals surface area contributed by atoms with Gasteiger partial charge in [-0.15, -0.1) is 11.3 Å². The van der Waals surface area contributed by atoms with Crippen molar-refractivity contribution in [1.29, 1.82) is 0 Å². The maximum Gasteiger partial charge on any atom is 0.130 e. The van der Waals surface area contributed by atoms with Gasteiger partial charge >= 0.3 is 0 Å². The van der Waals surface area contributed by atoms with Gasteiger partial charge in [-0.1, -0.05) is 24.3 Å². The first kappa shape index (κ1) is 19.4. The van der Waals surface area contributed by atoms with E-state index in [4.69, 9.17) is 0 Å². The number of aromatic nitrogens is 5. The Kier molecular flexibility index (Phi) is 4.95. The predicted octanol–water partition coefficient (Wildman–Crippen LogP) is 5.64. The number of hydrogen-bond donors (Lipinski definition) is 1. The van der Waals surface area contributed by atoms with Crippen LogP contribution in [-0.2, 0) is 7.05 Å². The van der Waals surface area contributed by atoms with Gasteiger partial charge in [-0.2, -0.15) is 5.10 Å². The fourth-order valence-corrected chi connectivity index (χ4v) is 4.38. The van der Waals surface area contributed by atoms with Crippen LogP contribution in [0.5, 0.6) is 0 Å². The molecule has 0 aliphatic rings. The topological polar surface area (TPSA) is 68.5 Å². The van der Waals surface area contributed by atoms with Crippen LogP contribution in [-0.4, -0.2) is 24.7 Å². The Morgan fingerprint density at radius 1 is 1.00 bits per heavy atom. The molecule has 2 aromatic carbocycles. The van der Waals surface area contributed by atoms with E-state index in [1.54, 1.807) is 11.3 Å². The molecular weight excluding hydrogens is 404 g/mol. The molecule has 3 aromatic heterocycles. The number of hydrogen-bond acceptors (Lipinski definition) is 6. The van der Waals surface area contributed by atoms with Crippen molar-refractivity contribution in [2.45, 2.75) is 19.9 Å². The zero-order chi connectivity index (χ0) is 21.4. The van der Waals surface area contributed by atoms with Crippen molar-refractivity contribution in [3.63, 3.8) is 0 Å². The highest BCUT2D eigenvalue weighted by Gasteiger charge is 2.11. The number of benzene rings is 2. The molecule has 0 amide bonds. The monoisotopic (exact) mass is 426 g/mol. The van der Waals surface area contributed by atoms with Gasteiger partial charge in [-0.3, -0.25) is 4.68 Å². The molecule has 5 aromatic rings. The Hall–Kier alpha value is -3.58. The van der Waals surface area contributed by atoms with Crippen LogP contribution < -0.4 is 5.32 Å². The van der Waals surface area contributed by atoms with Crippen molar-refractivity contribution in [2.24, 2.45) is 7.05 Å². The van der Waals surface area contributed by atoms with Crippen LogP contribution in [0, 0.1) is 6.92 Å². The van der Waals surface area contributed by atoms with Crippen LogP contribution in [0.1, 0.15) is 24.4 Å². The van der Waals surface area contributed by atoms with E-state index in [0.717, 1.165) is 44.2 Å². The van der Waals surface area contributed by atoms with Crippen molar-refractivity contribution < 1.29 is 0 Å². The van der Waals surface area contributed by atoms with Crippen LogP contribution in [0.2, 0.25) is 0 Å². The van der Waals surface area contributed by atoms with Gasteiger partial charge in [0.05, 0.1) is 27.6 Å². The molecule has 0 aliphatic heterocycles. The summed E-state index contributed by atoms with van der Waals surface area (Å²) in [6, 6.07) is 16.9. The van der Waals surface area contributed by atoms with Gasteiger partial charge in [0.15, 0.2) is 0 Å². The predicted molar refractivity (Wildman–Crippen MR) is 126 cm³/mol. The Morgan fingerprint density at radius 2 is 1.90 bits per heavy atom. The second-order valence-electron chi connectivity index (χ2n) is 7.61. The fraction of sp³-hybridized carbons (Fsp3) is 0.167. The number of fused-ring (bicyclic) bond motifs is 1. The van der Waals surface area contributed by atoms with Gasteiger partial charge in [0.25, 0.3) is 0 Å². The van der Waals surface area contributed by atoms with Gasteiger partial charge in [-0.25, -0.2) is 15.0 Å². The summed E-state index contributed by atoms with van der Waals surface area (Å²) in [7, 11) is 1.93. The van der Waals surface area contributed by atoms with Crippen LogP contribution in [0.4, 0.5) is 5.82 Å². The zero-order valence-corrected chi connectivity index (χ0v) is 18.4. The van der Waals surface area contributed by atoms with Crippen LogP contribution >= 0.6 is 11.3 Å². The lowest BCUT2D eigenvalue weighted by molar-refractivity contribution is 0.768. The third-order valence-electron chi connectivity index (χ3n) is 5.25. The SMILES string of the molecule is Cc1nc(N[C@H](C)c2cccc(-c3cnn(C)c3)c2)cc(-c2ccc3ncsc3c2)n1. The molecular formula is C24H22N6S. The Balaban J connectivity index is 1.42. The number of aryl methyl sites for hydroxylation is 2. The highest BCUT2D eigenvalue weighted by Crippen LogP contribution is 2.28. The van der Waals surface area contributed by atoms with E-state index in [9.17, 15) is 0 Å². The van der Waals surface area contributed by atoms with Gasteiger partial charge in [0, 0.05) is 36.5 Å². The van der Waals surface area contributed by atoms with Crippen molar-refractivity contribution in [3.8, 4) is 22.4 Å². The molecule has 0 saturated heterocycles. The lowest BCUT2D eigenvalue weighted by Gasteiger charge is -2.17. The highest BCUT2D eigenvalue weighted by atomic mass is 32.1. The first-order valence-electron chi connectivity index (χ1n) is 10.1. The lowest BCUT2D eigenvalue weighted by Crippen LogP contribution is -2.09. The van der Waals surface area contributed by atoms with Gasteiger partial charge in [0.2, 0.25) is 0 Å². The zero-order valence-electron chi connectivity index (χ0n) is 17.6. The minimum absolute atomic E-state index is 0.0859. The molecule has 0 radical (unpaired) electrons. The van der Waals surface area contributed by atoms with E-state index < -0.39 is 0 Å². The Morgan fingerprint density at radius 3 is 2.74 bits per heavy atom. The quantitative estimate of drug-likeness (QED) is 0.394. The van der Waals surface area contributed by atoms with Crippen LogP contribution in [0.25, 0.3) is 32.6 Å². The van der Waals surface area contributed by atoms with E-state index in [2.05, 4.69) is 68.7 Å². The van der Waals surface area contributed by atoms with Crippen LogP contribution in [0.15, 0.2) is 66.4 Å². The van der Waals surface area contributed by atoms with Gasteiger partial charge in [0.1, 0.15) is 11.6 Å². The van der Waals surface area contributed by atoms with Gasteiger partial charge < -0.3 is 5.32 Å².